The summed E-state index contributed by atoms with van der Waals surface area (Å²) in [7, 11) is 0. The maximum absolute atomic E-state index is 12.7. The number of ether oxygens (including phenoxy) is 3. The lowest BCUT2D eigenvalue weighted by Gasteiger charge is -2.18. The van der Waals surface area contributed by atoms with E-state index in [1.807, 2.05) is 0 Å². The normalized spacial score (nSPS) is 12.0. The number of hydrogen-bond donors (Lipinski definition) is 0. The van der Waals surface area contributed by atoms with Gasteiger partial charge < -0.3 is 14.2 Å². The van der Waals surface area contributed by atoms with Crippen LogP contribution in [0.1, 0.15) is 258 Å². The Bertz CT molecular complexity index is 839. The highest BCUT2D eigenvalue weighted by atomic mass is 16.6. The maximum atomic E-state index is 12.7. The van der Waals surface area contributed by atoms with Crippen molar-refractivity contribution in [1.82, 2.24) is 0 Å². The van der Waals surface area contributed by atoms with Crippen molar-refractivity contribution in [2.45, 2.75) is 264 Å². The summed E-state index contributed by atoms with van der Waals surface area (Å²) in [5.41, 5.74) is 0. The monoisotopic (exact) mass is 763 g/mol. The quantitative estimate of drug-likeness (QED) is 0.0266. The molecule has 0 saturated heterocycles. The highest BCUT2D eigenvalue weighted by Crippen LogP contribution is 2.15. The smallest absolute Gasteiger partial charge is 0.306 e. The molecule has 0 aliphatic heterocycles. The minimum Gasteiger partial charge on any atom is -0.462 e. The highest BCUT2D eigenvalue weighted by molar-refractivity contribution is 5.71. The molecule has 0 aromatic rings. The molecule has 0 spiro atoms. The summed E-state index contributed by atoms with van der Waals surface area (Å²) in [6, 6.07) is 0. The number of hydrogen-bond acceptors (Lipinski definition) is 6. The number of allylic oxidation sites excluding steroid dienone is 2. The lowest BCUT2D eigenvalue weighted by Crippen LogP contribution is -2.30. The largest absolute Gasteiger partial charge is 0.462 e. The third-order valence-corrected chi connectivity index (χ3v) is 10.5. The molecule has 0 aromatic heterocycles. The number of carbonyl (C=O) groups is 3. The van der Waals surface area contributed by atoms with Gasteiger partial charge in [-0.15, -0.1) is 0 Å². The SMILES string of the molecule is CCCCCCCC/C=C\CCCCCCCC(=O)OCC(COC(=O)CCCCCCCCCC)OC(=O)CCCCCCCCCCCCCCC. The average Bonchev–Trinajstić information content (AvgIpc) is 3.17. The van der Waals surface area contributed by atoms with Crippen molar-refractivity contribution in [1.29, 1.82) is 0 Å². The summed E-state index contributed by atoms with van der Waals surface area (Å²) in [5, 5.41) is 0. The number of esters is 3. The van der Waals surface area contributed by atoms with Crippen LogP contribution < -0.4 is 0 Å². The lowest BCUT2D eigenvalue weighted by molar-refractivity contribution is -0.167. The van der Waals surface area contributed by atoms with Gasteiger partial charge in [0.15, 0.2) is 6.10 Å². The fraction of sp³-hybridized carbons (Fsp3) is 0.896. The van der Waals surface area contributed by atoms with Gasteiger partial charge in [-0.2, -0.15) is 0 Å². The Kier molecular flexibility index (Phi) is 42.4. The Morgan fingerprint density at radius 1 is 0.352 bits per heavy atom. The molecule has 0 aliphatic carbocycles. The van der Waals surface area contributed by atoms with Gasteiger partial charge >= 0.3 is 17.9 Å². The highest BCUT2D eigenvalue weighted by Gasteiger charge is 2.19. The molecule has 54 heavy (non-hydrogen) atoms. The third kappa shape index (κ3) is 41.3. The molecule has 0 N–H and O–H groups in total. The van der Waals surface area contributed by atoms with Crippen molar-refractivity contribution in [2.24, 2.45) is 0 Å². The molecule has 1 unspecified atom stereocenters. The Labute approximate surface area is 335 Å². The van der Waals surface area contributed by atoms with Crippen molar-refractivity contribution in [3.63, 3.8) is 0 Å². The summed E-state index contributed by atoms with van der Waals surface area (Å²) in [6.45, 7) is 6.61. The van der Waals surface area contributed by atoms with Crippen molar-refractivity contribution < 1.29 is 28.6 Å². The first-order valence-corrected chi connectivity index (χ1v) is 23.7. The molecule has 0 aliphatic rings. The van der Waals surface area contributed by atoms with Gasteiger partial charge in [0.05, 0.1) is 0 Å². The molecule has 6 nitrogen and oxygen atoms in total. The van der Waals surface area contributed by atoms with Crippen molar-refractivity contribution in [3.05, 3.63) is 12.2 Å². The summed E-state index contributed by atoms with van der Waals surface area (Å²) < 4.78 is 16.7. The van der Waals surface area contributed by atoms with Gasteiger partial charge in [-0.25, -0.2) is 0 Å². The molecular formula is C48H90O6. The maximum Gasteiger partial charge on any atom is 0.306 e. The second kappa shape index (κ2) is 43.9. The predicted octanol–water partition coefficient (Wildman–Crippen LogP) is 15.0. The first-order valence-electron chi connectivity index (χ1n) is 23.7. The lowest BCUT2D eigenvalue weighted by atomic mass is 10.0. The molecule has 0 fully saturated rings. The van der Waals surface area contributed by atoms with Crippen LogP contribution in [0.25, 0.3) is 0 Å². The topological polar surface area (TPSA) is 78.9 Å². The van der Waals surface area contributed by atoms with E-state index < -0.39 is 6.10 Å². The zero-order valence-electron chi connectivity index (χ0n) is 36.3. The van der Waals surface area contributed by atoms with Crippen LogP contribution >= 0.6 is 0 Å². The van der Waals surface area contributed by atoms with E-state index in [4.69, 9.17) is 14.2 Å². The zero-order valence-corrected chi connectivity index (χ0v) is 36.3. The molecule has 0 radical (unpaired) electrons. The van der Waals surface area contributed by atoms with E-state index in [1.165, 1.54) is 154 Å². The van der Waals surface area contributed by atoms with E-state index >= 15 is 0 Å². The van der Waals surface area contributed by atoms with Crippen LogP contribution in [-0.4, -0.2) is 37.2 Å². The van der Waals surface area contributed by atoms with Crippen LogP contribution in [0.15, 0.2) is 12.2 Å². The number of unbranched alkanes of at least 4 members (excludes halogenated alkanes) is 30. The molecule has 1 atom stereocenters. The molecule has 0 aromatic carbocycles. The first kappa shape index (κ1) is 52.2. The van der Waals surface area contributed by atoms with Gasteiger partial charge in [-0.1, -0.05) is 206 Å². The average molecular weight is 763 g/mol. The zero-order chi connectivity index (χ0) is 39.4. The van der Waals surface area contributed by atoms with Gasteiger partial charge in [0.2, 0.25) is 0 Å². The van der Waals surface area contributed by atoms with Crippen molar-refractivity contribution in [3.8, 4) is 0 Å². The van der Waals surface area contributed by atoms with E-state index in [0.717, 1.165) is 64.2 Å². The molecule has 0 saturated carbocycles. The molecule has 0 heterocycles. The molecule has 0 rings (SSSR count). The van der Waals surface area contributed by atoms with Crippen LogP contribution in [0.4, 0.5) is 0 Å². The Morgan fingerprint density at radius 2 is 0.611 bits per heavy atom. The third-order valence-electron chi connectivity index (χ3n) is 10.5. The van der Waals surface area contributed by atoms with Crippen LogP contribution in [0, 0.1) is 0 Å². The Morgan fingerprint density at radius 3 is 0.926 bits per heavy atom. The van der Waals surface area contributed by atoms with E-state index in [1.54, 1.807) is 0 Å². The Balaban J connectivity index is 4.30. The molecule has 0 bridgehead atoms. The summed E-state index contributed by atoms with van der Waals surface area (Å²) in [4.78, 5) is 37.7. The second-order valence-corrected chi connectivity index (χ2v) is 16.0. The van der Waals surface area contributed by atoms with E-state index in [-0.39, 0.29) is 31.1 Å². The molecule has 318 valence electrons. The minimum atomic E-state index is -0.764. The van der Waals surface area contributed by atoms with Gasteiger partial charge in [0, 0.05) is 19.3 Å². The van der Waals surface area contributed by atoms with E-state index in [9.17, 15) is 14.4 Å². The van der Waals surface area contributed by atoms with Crippen LogP contribution in [-0.2, 0) is 28.6 Å². The van der Waals surface area contributed by atoms with Crippen LogP contribution in [0.5, 0.6) is 0 Å². The predicted molar refractivity (Wildman–Crippen MR) is 229 cm³/mol. The standard InChI is InChI=1S/C48H90O6/c1-4-7-10-13-16-19-21-23-24-26-27-29-32-35-38-41-47(50)53-44-45(43-52-46(49)40-37-34-31-18-15-12-9-6-3)54-48(51)42-39-36-33-30-28-25-22-20-17-14-11-8-5-2/h23-24,45H,4-22,25-44H2,1-3H3/b24-23-. The second-order valence-electron chi connectivity index (χ2n) is 16.0. The van der Waals surface area contributed by atoms with E-state index in [0.29, 0.717) is 19.3 Å². The van der Waals surface area contributed by atoms with Crippen molar-refractivity contribution >= 4 is 17.9 Å². The van der Waals surface area contributed by atoms with Crippen LogP contribution in [0.2, 0.25) is 0 Å². The van der Waals surface area contributed by atoms with Gasteiger partial charge in [0.25, 0.3) is 0 Å². The van der Waals surface area contributed by atoms with E-state index in [2.05, 4.69) is 32.9 Å². The Hall–Kier alpha value is -1.85. The molecular weight excluding hydrogens is 673 g/mol. The first-order chi connectivity index (χ1) is 26.5. The molecule has 6 heteroatoms. The number of carbonyl (C=O) groups excluding carboxylic acids is 3. The summed E-state index contributed by atoms with van der Waals surface area (Å²) >= 11 is 0. The summed E-state index contributed by atoms with van der Waals surface area (Å²) in [6.07, 6.45) is 46.2. The van der Waals surface area contributed by atoms with Gasteiger partial charge in [-0.3, -0.25) is 14.4 Å². The fourth-order valence-corrected chi connectivity index (χ4v) is 6.91. The van der Waals surface area contributed by atoms with Crippen molar-refractivity contribution in [2.75, 3.05) is 13.2 Å². The summed E-state index contributed by atoms with van der Waals surface area (Å²) in [5.74, 6) is -0.871. The molecule has 0 amide bonds. The minimum absolute atomic E-state index is 0.0686. The fourth-order valence-electron chi connectivity index (χ4n) is 6.91. The van der Waals surface area contributed by atoms with Gasteiger partial charge in [-0.05, 0) is 44.9 Å². The van der Waals surface area contributed by atoms with Crippen LogP contribution in [0.3, 0.4) is 0 Å². The van der Waals surface area contributed by atoms with Gasteiger partial charge in [0.1, 0.15) is 13.2 Å². The number of rotatable bonds is 43.